The van der Waals surface area contributed by atoms with Gasteiger partial charge in [-0.05, 0) is 77.6 Å². The lowest BCUT2D eigenvalue weighted by Crippen LogP contribution is -2.61. The van der Waals surface area contributed by atoms with E-state index in [-0.39, 0.29) is 18.4 Å². The summed E-state index contributed by atoms with van der Waals surface area (Å²) in [5.41, 5.74) is 4.48. The molecule has 0 aromatic rings. The number of carbonyl (C=O) groups excluding carboxylic acids is 3. The molecule has 7 aliphatic rings. The molecule has 0 aliphatic carbocycles. The monoisotopic (exact) mass is 879 g/mol. The number of cyclic esters (lactones) is 1. The maximum Gasteiger partial charge on any atom is 0.536 e. The largest absolute Gasteiger partial charge is 0.536 e. The number of esters is 3. The lowest BCUT2D eigenvalue weighted by Gasteiger charge is -2.52. The first-order valence-electron chi connectivity index (χ1n) is 23.3. The number of hydrogen-bond acceptors (Lipinski definition) is 16. The molecule has 0 saturated carbocycles. The summed E-state index contributed by atoms with van der Waals surface area (Å²) in [5, 5.41) is 23.6. The molecule has 7 heterocycles. The quantitative estimate of drug-likeness (QED) is 0.149. The molecule has 9 bridgehead atoms. The van der Waals surface area contributed by atoms with Gasteiger partial charge in [0.25, 0.3) is 0 Å². The van der Waals surface area contributed by atoms with E-state index in [1.165, 1.54) is 0 Å². The summed E-state index contributed by atoms with van der Waals surface area (Å²) in [6, 6.07) is -0.902. The Morgan fingerprint density at radius 3 is 1.90 bits per heavy atom. The Kier molecular flexibility index (Phi) is 13.8. The SMILES string of the molecule is CC(C)C(N)C(=O)OC(C)C1CC=CCCC(O)C(C)(C)C2CCC(C)[C@@]3(O2)O[B-]24OC(C(=O)O1)[C@@]1(OC(CCC1C)C(C)(C)C(O)CCCC1CC(OC(=O)C3O2)C(C)O1)O4. The second-order valence-corrected chi connectivity index (χ2v) is 20.9. The molecule has 17 atom stereocenters. The van der Waals surface area contributed by atoms with E-state index >= 15 is 4.79 Å². The van der Waals surface area contributed by atoms with E-state index in [2.05, 4.69) is 0 Å². The van der Waals surface area contributed by atoms with Crippen molar-refractivity contribution < 1.29 is 71.6 Å². The maximum absolute atomic E-state index is 15.0. The first kappa shape index (κ1) is 47.8. The van der Waals surface area contributed by atoms with Gasteiger partial charge in [-0.25, -0.2) is 9.59 Å². The van der Waals surface area contributed by atoms with Crippen LogP contribution in [0, 0.1) is 28.6 Å². The fourth-order valence-corrected chi connectivity index (χ4v) is 10.6. The summed E-state index contributed by atoms with van der Waals surface area (Å²) < 4.78 is 66.0. The second kappa shape index (κ2) is 17.9. The summed E-state index contributed by atoms with van der Waals surface area (Å²) in [7, 11) is 0. The molecular formula is C45H73BNO15-. The molecule has 6 fully saturated rings. The topological polar surface area (TPSA) is 210 Å². The van der Waals surface area contributed by atoms with Crippen LogP contribution >= 0.6 is 0 Å². The zero-order valence-corrected chi connectivity index (χ0v) is 38.4. The molecule has 7 aliphatic heterocycles. The van der Waals surface area contributed by atoms with Gasteiger partial charge in [-0.2, -0.15) is 0 Å². The Morgan fingerprint density at radius 2 is 1.34 bits per heavy atom. The number of allylic oxidation sites excluding steroid dienone is 1. The predicted molar refractivity (Wildman–Crippen MR) is 223 cm³/mol. The third-order valence-electron chi connectivity index (χ3n) is 15.5. The molecule has 7 rings (SSSR count). The van der Waals surface area contributed by atoms with E-state index in [4.69, 9.17) is 52.8 Å². The number of fused-ring (bicyclic) bond motifs is 6. The van der Waals surface area contributed by atoms with E-state index in [1.54, 1.807) is 6.92 Å². The van der Waals surface area contributed by atoms with Gasteiger partial charge in [-0.1, -0.05) is 67.5 Å². The summed E-state index contributed by atoms with van der Waals surface area (Å²) in [6.45, 7) is 15.1. The van der Waals surface area contributed by atoms with Gasteiger partial charge in [-0.15, -0.1) is 0 Å². The average molecular weight is 879 g/mol. The summed E-state index contributed by atoms with van der Waals surface area (Å²) in [6.07, 6.45) is -0.362. The number of ether oxygens (including phenoxy) is 6. The highest BCUT2D eigenvalue weighted by Crippen LogP contribution is 2.57. The average Bonchev–Trinajstić information content (AvgIpc) is 3.84. The van der Waals surface area contributed by atoms with Crippen LogP contribution in [0.25, 0.3) is 0 Å². The Bertz CT molecular complexity index is 1680. The van der Waals surface area contributed by atoms with Crippen molar-refractivity contribution in [1.82, 2.24) is 0 Å². The van der Waals surface area contributed by atoms with Crippen LogP contribution in [0.1, 0.15) is 140 Å². The first-order chi connectivity index (χ1) is 29.0. The van der Waals surface area contributed by atoms with Crippen molar-refractivity contribution in [3.05, 3.63) is 12.2 Å². The summed E-state index contributed by atoms with van der Waals surface area (Å²) in [4.78, 5) is 42.9. The third-order valence-corrected chi connectivity index (χ3v) is 15.5. The summed E-state index contributed by atoms with van der Waals surface area (Å²) in [5.74, 6) is -7.31. The normalized spacial score (nSPS) is 45.8. The zero-order valence-electron chi connectivity index (χ0n) is 38.4. The Morgan fingerprint density at radius 1 is 0.790 bits per heavy atom. The molecule has 0 aromatic heterocycles. The van der Waals surface area contributed by atoms with Crippen LogP contribution in [0.5, 0.6) is 0 Å². The molecule has 6 saturated heterocycles. The van der Waals surface area contributed by atoms with Crippen LogP contribution in [0.3, 0.4) is 0 Å². The van der Waals surface area contributed by atoms with E-state index < -0.39 is 126 Å². The van der Waals surface area contributed by atoms with Crippen molar-refractivity contribution >= 4 is 24.9 Å². The standard InChI is InChI=1S/C45H73BNO15/c1-24(2)36(47)39(50)54-27(5)30-16-12-11-13-17-32(48)42(7,8)34-21-19-26(4)45(57-34)38-41(52)56-31-23-29(53-28(31)6)15-14-18-33(49)43(9,10)35-22-20-25(3)44(58-35)37(40(51)55-30)59-46(60-38,61-44)62-45/h11-12,24-38,48-49H,13-23,47H2,1-10H3/q-1/t25?,26?,27?,28?,29?,30?,31?,32?,33?,34?,35?,36?,37?,38?,44-,45+,46?/m0/s1. The van der Waals surface area contributed by atoms with Gasteiger partial charge in [-0.3, -0.25) is 4.79 Å². The molecule has 4 N–H and O–H groups in total. The van der Waals surface area contributed by atoms with Crippen LogP contribution in [0.2, 0.25) is 0 Å². The third kappa shape index (κ3) is 8.78. The van der Waals surface area contributed by atoms with Crippen molar-refractivity contribution in [3.63, 3.8) is 0 Å². The van der Waals surface area contributed by atoms with Gasteiger partial charge in [0.05, 0.1) is 36.6 Å². The lowest BCUT2D eigenvalue weighted by molar-refractivity contribution is -0.311. The van der Waals surface area contributed by atoms with Crippen LogP contribution in [0.4, 0.5) is 0 Å². The molecule has 0 aromatic carbocycles. The van der Waals surface area contributed by atoms with Gasteiger partial charge < -0.3 is 63.0 Å². The van der Waals surface area contributed by atoms with E-state index in [1.807, 2.05) is 74.5 Å². The van der Waals surface area contributed by atoms with Gasteiger partial charge in [0.15, 0.2) is 23.8 Å². The lowest BCUT2D eigenvalue weighted by atomic mass is 9.73. The van der Waals surface area contributed by atoms with Crippen molar-refractivity contribution in [2.75, 3.05) is 0 Å². The molecule has 15 unspecified atom stereocenters. The molecule has 3 spiro atoms. The van der Waals surface area contributed by atoms with E-state index in [9.17, 15) is 19.8 Å². The molecule has 352 valence electrons. The Balaban J connectivity index is 1.36. The van der Waals surface area contributed by atoms with E-state index in [0.717, 1.165) is 0 Å². The number of rotatable bonds is 4. The zero-order chi connectivity index (χ0) is 45.2. The van der Waals surface area contributed by atoms with Crippen LogP contribution in [-0.4, -0.2) is 120 Å². The summed E-state index contributed by atoms with van der Waals surface area (Å²) >= 11 is 0. The van der Waals surface area contributed by atoms with Crippen molar-refractivity contribution in [2.24, 2.45) is 34.3 Å². The van der Waals surface area contributed by atoms with Crippen LogP contribution in [-0.2, 0) is 61.4 Å². The Hall–Kier alpha value is -2.19. The highest BCUT2D eigenvalue weighted by Gasteiger charge is 2.73. The maximum atomic E-state index is 15.0. The highest BCUT2D eigenvalue weighted by molar-refractivity contribution is 6.56. The van der Waals surface area contributed by atoms with Crippen molar-refractivity contribution in [1.29, 1.82) is 0 Å². The van der Waals surface area contributed by atoms with Crippen LogP contribution in [0.15, 0.2) is 12.2 Å². The van der Waals surface area contributed by atoms with Gasteiger partial charge in [0.2, 0.25) is 0 Å². The van der Waals surface area contributed by atoms with Gasteiger partial charge >= 0.3 is 24.9 Å². The smallest absolute Gasteiger partial charge is 0.504 e. The fraction of sp³-hybridized carbons (Fsp3) is 0.889. The van der Waals surface area contributed by atoms with E-state index in [0.29, 0.717) is 64.2 Å². The first-order valence-corrected chi connectivity index (χ1v) is 23.3. The highest BCUT2D eigenvalue weighted by atomic mass is 17.0. The minimum Gasteiger partial charge on any atom is -0.504 e. The number of hydrogen-bond donors (Lipinski definition) is 3. The number of nitrogens with two attached hydrogens (primary N) is 1. The minimum atomic E-state index is -3.53. The molecule has 17 heteroatoms. The molecule has 16 nitrogen and oxygen atoms in total. The number of aliphatic hydroxyl groups excluding tert-OH is 2. The molecular weight excluding hydrogens is 805 g/mol. The van der Waals surface area contributed by atoms with Gasteiger partial charge in [0.1, 0.15) is 24.4 Å². The second-order valence-electron chi connectivity index (χ2n) is 20.9. The molecule has 0 amide bonds. The number of carbonyl (C=O) groups is 3. The molecule has 0 radical (unpaired) electrons. The van der Waals surface area contributed by atoms with Crippen molar-refractivity contribution in [3.8, 4) is 0 Å². The Labute approximate surface area is 366 Å². The van der Waals surface area contributed by atoms with Crippen LogP contribution < -0.4 is 5.73 Å². The molecule has 62 heavy (non-hydrogen) atoms. The predicted octanol–water partition coefficient (Wildman–Crippen LogP) is 4.89. The van der Waals surface area contributed by atoms with Gasteiger partial charge in [0, 0.05) is 35.5 Å². The minimum absolute atomic E-state index is 0.142. The number of aliphatic hydroxyl groups is 2. The van der Waals surface area contributed by atoms with Crippen molar-refractivity contribution in [2.45, 2.75) is 225 Å². The fourth-order valence-electron chi connectivity index (χ4n) is 10.6.